The van der Waals surface area contributed by atoms with Gasteiger partial charge in [-0.2, -0.15) is 0 Å². The van der Waals surface area contributed by atoms with E-state index in [9.17, 15) is 9.18 Å². The number of fused-ring (bicyclic) bond motifs is 1. The van der Waals surface area contributed by atoms with E-state index in [0.717, 1.165) is 29.6 Å². The summed E-state index contributed by atoms with van der Waals surface area (Å²) >= 11 is 0. The van der Waals surface area contributed by atoms with Gasteiger partial charge in [-0.05, 0) is 31.2 Å². The van der Waals surface area contributed by atoms with E-state index in [1.165, 1.54) is 24.3 Å². The van der Waals surface area contributed by atoms with Crippen molar-refractivity contribution in [2.24, 2.45) is 9.98 Å². The van der Waals surface area contributed by atoms with E-state index in [4.69, 9.17) is 0 Å². The SMILES string of the molecule is CCC1=NCC(c2nnc3n2CCN(C(=O)c2ccc(F)cc2)[C@@H]3C)=N1. The minimum atomic E-state index is -0.358. The number of amidine groups is 1. The van der Waals surface area contributed by atoms with Crippen LogP contribution in [-0.2, 0) is 6.54 Å². The Bertz CT molecular complexity index is 914. The Kier molecular flexibility index (Phi) is 4.10. The summed E-state index contributed by atoms with van der Waals surface area (Å²) in [6, 6.07) is 5.38. The zero-order valence-electron chi connectivity index (χ0n) is 14.7. The molecule has 134 valence electrons. The second-order valence-corrected chi connectivity index (χ2v) is 6.36. The molecule has 0 saturated carbocycles. The molecule has 0 N–H and O–H groups in total. The molecule has 4 rings (SSSR count). The lowest BCUT2D eigenvalue weighted by Crippen LogP contribution is -2.41. The Labute approximate surface area is 150 Å². The average molecular weight is 354 g/mol. The molecule has 1 atom stereocenters. The second kappa shape index (κ2) is 6.44. The number of aliphatic imine (C=N–C) groups is 2. The van der Waals surface area contributed by atoms with Crippen molar-refractivity contribution >= 4 is 17.5 Å². The van der Waals surface area contributed by atoms with Gasteiger partial charge in [0.25, 0.3) is 5.91 Å². The number of rotatable bonds is 3. The summed E-state index contributed by atoms with van der Waals surface area (Å²) in [5.41, 5.74) is 1.29. The minimum absolute atomic E-state index is 0.136. The zero-order valence-corrected chi connectivity index (χ0v) is 14.7. The molecule has 0 aliphatic carbocycles. The molecular weight excluding hydrogens is 335 g/mol. The van der Waals surface area contributed by atoms with Crippen molar-refractivity contribution in [2.75, 3.05) is 13.1 Å². The van der Waals surface area contributed by atoms with Gasteiger partial charge in [0, 0.05) is 25.1 Å². The fourth-order valence-electron chi connectivity index (χ4n) is 3.34. The molecule has 8 heteroatoms. The van der Waals surface area contributed by atoms with E-state index in [-0.39, 0.29) is 17.8 Å². The first-order valence-corrected chi connectivity index (χ1v) is 8.69. The van der Waals surface area contributed by atoms with Crippen LogP contribution in [0.2, 0.25) is 0 Å². The fourth-order valence-corrected chi connectivity index (χ4v) is 3.34. The van der Waals surface area contributed by atoms with E-state index < -0.39 is 0 Å². The van der Waals surface area contributed by atoms with Crippen LogP contribution in [0.1, 0.15) is 48.3 Å². The van der Waals surface area contributed by atoms with Crippen LogP contribution in [0.3, 0.4) is 0 Å². The van der Waals surface area contributed by atoms with E-state index in [1.807, 2.05) is 18.4 Å². The van der Waals surface area contributed by atoms with Crippen LogP contribution in [0.5, 0.6) is 0 Å². The minimum Gasteiger partial charge on any atom is -0.327 e. The van der Waals surface area contributed by atoms with Crippen molar-refractivity contribution in [2.45, 2.75) is 32.9 Å². The third kappa shape index (κ3) is 2.71. The van der Waals surface area contributed by atoms with Crippen LogP contribution in [0, 0.1) is 5.82 Å². The number of amides is 1. The molecule has 0 fully saturated rings. The number of nitrogens with zero attached hydrogens (tertiary/aromatic N) is 6. The third-order valence-corrected chi connectivity index (χ3v) is 4.79. The van der Waals surface area contributed by atoms with Crippen LogP contribution < -0.4 is 0 Å². The monoisotopic (exact) mass is 354 g/mol. The smallest absolute Gasteiger partial charge is 0.254 e. The summed E-state index contributed by atoms with van der Waals surface area (Å²) in [6.07, 6.45) is 0.793. The van der Waals surface area contributed by atoms with E-state index in [2.05, 4.69) is 20.2 Å². The molecule has 0 unspecified atom stereocenters. The van der Waals surface area contributed by atoms with Gasteiger partial charge in [-0.15, -0.1) is 10.2 Å². The standard InChI is InChI=1S/C18H19FN6O/c1-3-15-20-10-14(21-15)17-23-22-16-11(2)24(8-9-25(16)17)18(26)12-4-6-13(19)7-5-12/h4-7,11H,3,8-10H2,1-2H3/t11-/m1/s1. The zero-order chi connectivity index (χ0) is 18.3. The van der Waals surface area contributed by atoms with Crippen molar-refractivity contribution < 1.29 is 9.18 Å². The Balaban J connectivity index is 1.59. The lowest BCUT2D eigenvalue weighted by molar-refractivity contribution is 0.0637. The topological polar surface area (TPSA) is 75.7 Å². The Morgan fingerprint density at radius 2 is 2.00 bits per heavy atom. The number of halogens is 1. The van der Waals surface area contributed by atoms with Gasteiger partial charge in [0.2, 0.25) is 0 Å². The number of carbonyl (C=O) groups excluding carboxylic acids is 1. The quantitative estimate of drug-likeness (QED) is 0.848. The van der Waals surface area contributed by atoms with Gasteiger partial charge < -0.3 is 9.47 Å². The van der Waals surface area contributed by atoms with Crippen LogP contribution in [0.25, 0.3) is 0 Å². The molecule has 1 aromatic heterocycles. The largest absolute Gasteiger partial charge is 0.327 e. The second-order valence-electron chi connectivity index (χ2n) is 6.36. The highest BCUT2D eigenvalue weighted by Gasteiger charge is 2.33. The summed E-state index contributed by atoms with van der Waals surface area (Å²) in [5, 5.41) is 8.60. The summed E-state index contributed by atoms with van der Waals surface area (Å²) in [4.78, 5) is 23.4. The maximum Gasteiger partial charge on any atom is 0.254 e. The average Bonchev–Trinajstić information content (AvgIpc) is 3.29. The van der Waals surface area contributed by atoms with Crippen LogP contribution in [0.4, 0.5) is 4.39 Å². The molecule has 1 amide bonds. The molecule has 3 heterocycles. The summed E-state index contributed by atoms with van der Waals surface area (Å²) in [5.74, 6) is 1.79. The number of aromatic nitrogens is 3. The molecule has 2 aliphatic heterocycles. The van der Waals surface area contributed by atoms with Crippen molar-refractivity contribution in [1.29, 1.82) is 0 Å². The van der Waals surface area contributed by atoms with Crippen molar-refractivity contribution in [3.63, 3.8) is 0 Å². The molecule has 0 bridgehead atoms. The molecule has 1 aromatic carbocycles. The Hall–Kier alpha value is -2.90. The predicted molar refractivity (Wildman–Crippen MR) is 95.0 cm³/mol. The first-order chi connectivity index (χ1) is 12.6. The first-order valence-electron chi connectivity index (χ1n) is 8.69. The summed E-state index contributed by atoms with van der Waals surface area (Å²) in [7, 11) is 0. The van der Waals surface area contributed by atoms with Gasteiger partial charge in [0.15, 0.2) is 11.6 Å². The maximum absolute atomic E-state index is 13.1. The van der Waals surface area contributed by atoms with Gasteiger partial charge >= 0.3 is 0 Å². The molecule has 2 aromatic rings. The lowest BCUT2D eigenvalue weighted by atomic mass is 10.1. The molecule has 0 saturated heterocycles. The maximum atomic E-state index is 13.1. The van der Waals surface area contributed by atoms with Crippen LogP contribution in [0.15, 0.2) is 34.3 Å². The van der Waals surface area contributed by atoms with Gasteiger partial charge in [0.1, 0.15) is 17.4 Å². The molecular formula is C18H19FN6O. The van der Waals surface area contributed by atoms with E-state index >= 15 is 0 Å². The lowest BCUT2D eigenvalue weighted by Gasteiger charge is -2.33. The first kappa shape index (κ1) is 16.6. The number of hydrogen-bond acceptors (Lipinski definition) is 5. The molecule has 2 aliphatic rings. The number of carbonyl (C=O) groups is 1. The van der Waals surface area contributed by atoms with Gasteiger partial charge in [0.05, 0.1) is 12.6 Å². The number of hydrogen-bond donors (Lipinski definition) is 0. The molecule has 26 heavy (non-hydrogen) atoms. The van der Waals surface area contributed by atoms with E-state index in [0.29, 0.717) is 25.2 Å². The van der Waals surface area contributed by atoms with Crippen LogP contribution >= 0.6 is 0 Å². The van der Waals surface area contributed by atoms with Gasteiger partial charge in [-0.1, -0.05) is 6.92 Å². The van der Waals surface area contributed by atoms with E-state index in [1.54, 1.807) is 4.90 Å². The Morgan fingerprint density at radius 3 is 2.69 bits per heavy atom. The van der Waals surface area contributed by atoms with Gasteiger partial charge in [-0.3, -0.25) is 9.79 Å². The van der Waals surface area contributed by atoms with Crippen molar-refractivity contribution in [3.05, 3.63) is 47.3 Å². The highest BCUT2D eigenvalue weighted by atomic mass is 19.1. The summed E-state index contributed by atoms with van der Waals surface area (Å²) in [6.45, 7) is 5.59. The normalized spacial score (nSPS) is 19.2. The molecule has 0 spiro atoms. The Morgan fingerprint density at radius 1 is 1.23 bits per heavy atom. The fraction of sp³-hybridized carbons (Fsp3) is 0.389. The predicted octanol–water partition coefficient (Wildman–Crippen LogP) is 2.25. The number of benzene rings is 1. The van der Waals surface area contributed by atoms with Gasteiger partial charge in [-0.25, -0.2) is 9.38 Å². The van der Waals surface area contributed by atoms with Crippen LogP contribution in [-0.4, -0.2) is 50.2 Å². The molecule has 7 nitrogen and oxygen atoms in total. The molecule has 0 radical (unpaired) electrons. The highest BCUT2D eigenvalue weighted by Crippen LogP contribution is 2.26. The highest BCUT2D eigenvalue weighted by molar-refractivity contribution is 6.10. The summed E-state index contributed by atoms with van der Waals surface area (Å²) < 4.78 is 15.1. The third-order valence-electron chi connectivity index (χ3n) is 4.79. The van der Waals surface area contributed by atoms with Crippen molar-refractivity contribution in [1.82, 2.24) is 19.7 Å². The van der Waals surface area contributed by atoms with Crippen molar-refractivity contribution in [3.8, 4) is 0 Å².